The Balaban J connectivity index is 1.71. The van der Waals surface area contributed by atoms with Crippen LogP contribution in [0.3, 0.4) is 0 Å². The lowest BCUT2D eigenvalue weighted by Crippen LogP contribution is -2.33. The predicted octanol–water partition coefficient (Wildman–Crippen LogP) is 4.59. The van der Waals surface area contributed by atoms with Crippen LogP contribution in [0.2, 0.25) is 0 Å². The first kappa shape index (κ1) is 15.5. The van der Waals surface area contributed by atoms with Crippen molar-refractivity contribution >= 4 is 11.1 Å². The Bertz CT molecular complexity index is 1070. The lowest BCUT2D eigenvalue weighted by Gasteiger charge is -1.99. The number of benzene rings is 2. The van der Waals surface area contributed by atoms with Crippen LogP contribution in [0.1, 0.15) is 16.7 Å². The van der Waals surface area contributed by atoms with E-state index in [-0.39, 0.29) is 5.82 Å². The molecule has 2 aromatic carbocycles. The van der Waals surface area contributed by atoms with Gasteiger partial charge in [-0.25, -0.2) is 9.37 Å². The molecule has 0 N–H and O–H groups in total. The molecule has 0 amide bonds. The molecule has 4 aromatic rings. The first-order valence-corrected chi connectivity index (χ1v) is 8.20. The molecule has 4 rings (SSSR count). The quantitative estimate of drug-likeness (QED) is 0.513. The fourth-order valence-corrected chi connectivity index (χ4v) is 3.09. The van der Waals surface area contributed by atoms with Gasteiger partial charge in [-0.1, -0.05) is 18.2 Å². The van der Waals surface area contributed by atoms with Crippen molar-refractivity contribution in [3.05, 3.63) is 83.4 Å². The summed E-state index contributed by atoms with van der Waals surface area (Å²) in [5, 5.41) is 0. The maximum absolute atomic E-state index is 13.4. The molecule has 0 aliphatic heterocycles. The van der Waals surface area contributed by atoms with E-state index in [0.717, 1.165) is 27.8 Å². The van der Waals surface area contributed by atoms with Crippen LogP contribution in [-0.2, 0) is 6.54 Å². The normalized spacial score (nSPS) is 11.2. The number of hydrogen-bond donors (Lipinski definition) is 0. The van der Waals surface area contributed by atoms with Gasteiger partial charge in [-0.3, -0.25) is 0 Å². The second-order valence-electron chi connectivity index (χ2n) is 6.34. The molecule has 2 heterocycles. The van der Waals surface area contributed by atoms with Gasteiger partial charge in [0.1, 0.15) is 16.9 Å². The maximum Gasteiger partial charge on any atom is 0.233 e. The van der Waals surface area contributed by atoms with Gasteiger partial charge in [0.15, 0.2) is 24.5 Å². The van der Waals surface area contributed by atoms with Crippen LogP contribution in [0.5, 0.6) is 0 Å². The van der Waals surface area contributed by atoms with Crippen molar-refractivity contribution in [2.45, 2.75) is 20.4 Å². The minimum absolute atomic E-state index is 0.223. The van der Waals surface area contributed by atoms with Crippen molar-refractivity contribution in [1.82, 2.24) is 4.98 Å². The standard InChI is InChI=1S/C21H18FN2O/c1-14-9-15(2)20-19(10-14)23-21(25-20)17-6-4-8-24(13-17)12-16-5-3-7-18(22)11-16/h3-11,13H,12H2,1-2H3/q+1. The third-order valence-electron chi connectivity index (χ3n) is 4.18. The largest absolute Gasteiger partial charge is 0.436 e. The molecule has 0 saturated heterocycles. The monoisotopic (exact) mass is 333 g/mol. The summed E-state index contributed by atoms with van der Waals surface area (Å²) in [6.07, 6.45) is 3.92. The Morgan fingerprint density at radius 3 is 2.80 bits per heavy atom. The van der Waals surface area contributed by atoms with Crippen LogP contribution >= 0.6 is 0 Å². The number of hydrogen-bond acceptors (Lipinski definition) is 2. The zero-order chi connectivity index (χ0) is 17.4. The highest BCUT2D eigenvalue weighted by Gasteiger charge is 2.14. The summed E-state index contributed by atoms with van der Waals surface area (Å²) in [5.74, 6) is 0.372. The Morgan fingerprint density at radius 2 is 1.96 bits per heavy atom. The van der Waals surface area contributed by atoms with Crippen LogP contribution in [-0.4, -0.2) is 4.98 Å². The van der Waals surface area contributed by atoms with E-state index in [1.54, 1.807) is 12.1 Å². The molecule has 0 aliphatic carbocycles. The second kappa shape index (κ2) is 6.13. The number of halogens is 1. The highest BCUT2D eigenvalue weighted by atomic mass is 19.1. The lowest BCUT2D eigenvalue weighted by atomic mass is 10.1. The van der Waals surface area contributed by atoms with Crippen molar-refractivity contribution in [3.63, 3.8) is 0 Å². The molecule has 0 aliphatic rings. The van der Waals surface area contributed by atoms with Gasteiger partial charge in [-0.15, -0.1) is 0 Å². The summed E-state index contributed by atoms with van der Waals surface area (Å²) in [7, 11) is 0. The fourth-order valence-electron chi connectivity index (χ4n) is 3.09. The number of rotatable bonds is 3. The van der Waals surface area contributed by atoms with Crippen LogP contribution < -0.4 is 4.57 Å². The molecule has 2 aromatic heterocycles. The first-order valence-electron chi connectivity index (χ1n) is 8.20. The smallest absolute Gasteiger partial charge is 0.233 e. The number of nitrogens with zero attached hydrogens (tertiary/aromatic N) is 2. The molecule has 0 fully saturated rings. The molecular formula is C21H18FN2O+. The lowest BCUT2D eigenvalue weighted by molar-refractivity contribution is -0.687. The average Bonchev–Trinajstić information content (AvgIpc) is 2.99. The van der Waals surface area contributed by atoms with E-state index < -0.39 is 0 Å². The number of oxazole rings is 1. The van der Waals surface area contributed by atoms with Gasteiger partial charge in [-0.05, 0) is 49.2 Å². The molecule has 0 bridgehead atoms. The highest BCUT2D eigenvalue weighted by molar-refractivity contribution is 5.79. The Hall–Kier alpha value is -3.01. The molecule has 4 heteroatoms. The van der Waals surface area contributed by atoms with Crippen molar-refractivity contribution in [1.29, 1.82) is 0 Å². The van der Waals surface area contributed by atoms with Gasteiger partial charge in [0.05, 0.1) is 0 Å². The summed E-state index contributed by atoms with van der Waals surface area (Å²) in [5.41, 5.74) is 5.74. The summed E-state index contributed by atoms with van der Waals surface area (Å²) >= 11 is 0. The van der Waals surface area contributed by atoms with Crippen LogP contribution in [0.25, 0.3) is 22.6 Å². The van der Waals surface area contributed by atoms with E-state index in [4.69, 9.17) is 4.42 Å². The van der Waals surface area contributed by atoms with E-state index >= 15 is 0 Å². The van der Waals surface area contributed by atoms with Gasteiger partial charge < -0.3 is 4.42 Å². The van der Waals surface area contributed by atoms with Gasteiger partial charge >= 0.3 is 0 Å². The van der Waals surface area contributed by atoms with Crippen LogP contribution in [0.4, 0.5) is 4.39 Å². The maximum atomic E-state index is 13.4. The predicted molar refractivity (Wildman–Crippen MR) is 94.6 cm³/mol. The number of pyridine rings is 1. The second-order valence-corrected chi connectivity index (χ2v) is 6.34. The SMILES string of the molecule is Cc1cc(C)c2oc(-c3ccc[n+](Cc4cccc(F)c4)c3)nc2c1. The molecule has 3 nitrogen and oxygen atoms in total. The summed E-state index contributed by atoms with van der Waals surface area (Å²) in [4.78, 5) is 4.63. The summed E-state index contributed by atoms with van der Waals surface area (Å²) < 4.78 is 21.3. The van der Waals surface area contributed by atoms with E-state index in [1.807, 2.05) is 48.1 Å². The van der Waals surface area contributed by atoms with E-state index in [9.17, 15) is 4.39 Å². The summed E-state index contributed by atoms with van der Waals surface area (Å²) in [6, 6.07) is 14.7. The van der Waals surface area contributed by atoms with Gasteiger partial charge in [0.2, 0.25) is 5.89 Å². The van der Waals surface area contributed by atoms with Gasteiger partial charge in [0, 0.05) is 11.6 Å². The van der Waals surface area contributed by atoms with Crippen molar-refractivity contribution < 1.29 is 13.4 Å². The van der Waals surface area contributed by atoms with E-state index in [1.165, 1.54) is 11.6 Å². The zero-order valence-electron chi connectivity index (χ0n) is 14.2. The summed E-state index contributed by atoms with van der Waals surface area (Å²) in [6.45, 7) is 4.67. The molecule has 0 saturated carbocycles. The third-order valence-corrected chi connectivity index (χ3v) is 4.18. The van der Waals surface area contributed by atoms with Gasteiger partial charge in [-0.2, -0.15) is 4.57 Å². The third kappa shape index (κ3) is 3.15. The van der Waals surface area contributed by atoms with Crippen LogP contribution in [0.15, 0.2) is 65.3 Å². The van der Waals surface area contributed by atoms with E-state index in [2.05, 4.69) is 18.0 Å². The van der Waals surface area contributed by atoms with Gasteiger partial charge in [0.25, 0.3) is 0 Å². The minimum Gasteiger partial charge on any atom is -0.436 e. The molecule has 0 radical (unpaired) electrons. The number of aromatic nitrogens is 2. The molecule has 124 valence electrons. The Kier molecular flexibility index (Phi) is 3.80. The first-order chi connectivity index (χ1) is 12.1. The minimum atomic E-state index is -0.223. The fraction of sp³-hybridized carbons (Fsp3) is 0.143. The molecule has 0 unspecified atom stereocenters. The number of fused-ring (bicyclic) bond motifs is 1. The van der Waals surface area contributed by atoms with Crippen molar-refractivity contribution in [2.75, 3.05) is 0 Å². The molecule has 0 atom stereocenters. The Morgan fingerprint density at radius 1 is 1.08 bits per heavy atom. The zero-order valence-corrected chi connectivity index (χ0v) is 14.2. The molecular weight excluding hydrogens is 315 g/mol. The Labute approximate surface area is 145 Å². The average molecular weight is 333 g/mol. The van der Waals surface area contributed by atoms with Crippen LogP contribution in [0, 0.1) is 19.7 Å². The highest BCUT2D eigenvalue weighted by Crippen LogP contribution is 2.26. The molecule has 25 heavy (non-hydrogen) atoms. The van der Waals surface area contributed by atoms with Crippen molar-refractivity contribution in [2.24, 2.45) is 0 Å². The topological polar surface area (TPSA) is 29.9 Å². The number of aryl methyl sites for hydroxylation is 2. The van der Waals surface area contributed by atoms with Crippen molar-refractivity contribution in [3.8, 4) is 11.5 Å². The molecule has 0 spiro atoms. The van der Waals surface area contributed by atoms with E-state index in [0.29, 0.717) is 12.4 Å².